The normalized spacial score (nSPS) is 16.4. The van der Waals surface area contributed by atoms with Gasteiger partial charge in [0.15, 0.2) is 11.5 Å². The van der Waals surface area contributed by atoms with Crippen LogP contribution in [-0.4, -0.2) is 27.2 Å². The van der Waals surface area contributed by atoms with Crippen LogP contribution in [0.2, 0.25) is 0 Å². The lowest BCUT2D eigenvalue weighted by Crippen LogP contribution is -2.31. The molecule has 144 valence electrons. The van der Waals surface area contributed by atoms with Gasteiger partial charge in [-0.15, -0.1) is 0 Å². The summed E-state index contributed by atoms with van der Waals surface area (Å²) in [5, 5.41) is 2.84. The van der Waals surface area contributed by atoms with Gasteiger partial charge in [0.05, 0.1) is 26.9 Å². The largest absolute Gasteiger partial charge is 0.493 e. The summed E-state index contributed by atoms with van der Waals surface area (Å²) in [7, 11) is 4.73. The van der Waals surface area contributed by atoms with Gasteiger partial charge in [-0.05, 0) is 40.8 Å². The van der Waals surface area contributed by atoms with Gasteiger partial charge in [-0.1, -0.05) is 38.6 Å². The molecular weight excluding hydrogens is 362 g/mol. The summed E-state index contributed by atoms with van der Waals surface area (Å²) < 4.78 is 16.2. The van der Waals surface area contributed by atoms with E-state index in [9.17, 15) is 4.79 Å². The van der Waals surface area contributed by atoms with Crippen molar-refractivity contribution in [2.45, 2.75) is 36.5 Å². The third-order valence-electron chi connectivity index (χ3n) is 4.59. The van der Waals surface area contributed by atoms with Crippen molar-refractivity contribution in [3.63, 3.8) is 0 Å². The second-order valence-electron chi connectivity index (χ2n) is 7.39. The molecule has 27 heavy (non-hydrogen) atoms. The molecule has 5 nitrogen and oxygen atoms in total. The Balaban J connectivity index is 1.99. The van der Waals surface area contributed by atoms with E-state index >= 15 is 0 Å². The van der Waals surface area contributed by atoms with Crippen molar-refractivity contribution in [2.24, 2.45) is 0 Å². The highest BCUT2D eigenvalue weighted by Gasteiger charge is 2.29. The molecule has 1 N–H and O–H groups in total. The van der Waals surface area contributed by atoms with Crippen LogP contribution in [0.25, 0.3) is 0 Å². The van der Waals surface area contributed by atoms with Crippen molar-refractivity contribution in [1.29, 1.82) is 0 Å². The Morgan fingerprint density at radius 1 is 0.963 bits per heavy atom. The number of benzene rings is 2. The number of rotatable bonds is 4. The number of carbonyl (C=O) groups is 1. The van der Waals surface area contributed by atoms with Crippen LogP contribution in [0.1, 0.15) is 47.6 Å². The molecule has 2 aromatic rings. The molecule has 0 saturated carbocycles. The smallest absolute Gasteiger partial charge is 0.253 e. The van der Waals surface area contributed by atoms with Crippen LogP contribution in [0.5, 0.6) is 17.2 Å². The minimum absolute atomic E-state index is 0.00641. The van der Waals surface area contributed by atoms with E-state index in [2.05, 4.69) is 32.2 Å². The summed E-state index contributed by atoms with van der Waals surface area (Å²) in [4.78, 5) is 13.7. The molecule has 0 radical (unpaired) electrons. The number of amides is 1. The molecule has 2 aromatic carbocycles. The predicted molar refractivity (Wildman–Crippen MR) is 107 cm³/mol. The monoisotopic (exact) mass is 387 g/mol. The average Bonchev–Trinajstić information content (AvgIpc) is 2.65. The Bertz CT molecular complexity index is 848. The van der Waals surface area contributed by atoms with E-state index < -0.39 is 0 Å². The molecule has 1 heterocycles. The molecule has 1 atom stereocenters. The first-order chi connectivity index (χ1) is 12.8. The van der Waals surface area contributed by atoms with E-state index in [-0.39, 0.29) is 16.7 Å². The number of carbonyl (C=O) groups excluding carboxylic acids is 1. The predicted octanol–water partition coefficient (Wildman–Crippen LogP) is 4.54. The van der Waals surface area contributed by atoms with E-state index in [0.29, 0.717) is 17.2 Å². The van der Waals surface area contributed by atoms with Gasteiger partial charge in [0, 0.05) is 4.90 Å². The highest BCUT2D eigenvalue weighted by Crippen LogP contribution is 2.45. The van der Waals surface area contributed by atoms with Gasteiger partial charge in [-0.2, -0.15) is 0 Å². The van der Waals surface area contributed by atoms with Crippen LogP contribution in [0.4, 0.5) is 0 Å². The van der Waals surface area contributed by atoms with E-state index in [0.717, 1.165) is 21.6 Å². The Hall–Kier alpha value is -2.34. The molecule has 1 amide bonds. The van der Waals surface area contributed by atoms with Gasteiger partial charge in [-0.3, -0.25) is 4.79 Å². The zero-order valence-corrected chi connectivity index (χ0v) is 17.3. The molecule has 0 fully saturated rings. The number of ether oxygens (including phenoxy) is 3. The van der Waals surface area contributed by atoms with Gasteiger partial charge in [0.2, 0.25) is 5.75 Å². The number of nitrogens with one attached hydrogen (secondary N) is 1. The lowest BCUT2D eigenvalue weighted by molar-refractivity contribution is 0.0943. The summed E-state index contributed by atoms with van der Waals surface area (Å²) in [5.41, 5.74) is 2.74. The molecule has 6 heteroatoms. The van der Waals surface area contributed by atoms with Crippen molar-refractivity contribution >= 4 is 17.7 Å². The van der Waals surface area contributed by atoms with Gasteiger partial charge in [0.1, 0.15) is 5.37 Å². The zero-order chi connectivity index (χ0) is 19.8. The van der Waals surface area contributed by atoms with Crippen molar-refractivity contribution in [2.75, 3.05) is 21.3 Å². The van der Waals surface area contributed by atoms with E-state index in [1.54, 1.807) is 33.1 Å². The van der Waals surface area contributed by atoms with Crippen LogP contribution in [0.15, 0.2) is 35.2 Å². The molecule has 0 aromatic heterocycles. The van der Waals surface area contributed by atoms with Crippen molar-refractivity contribution in [3.05, 3.63) is 47.0 Å². The van der Waals surface area contributed by atoms with Crippen LogP contribution in [0.3, 0.4) is 0 Å². The fourth-order valence-electron chi connectivity index (χ4n) is 3.03. The summed E-state index contributed by atoms with van der Waals surface area (Å²) in [6.07, 6.45) is 0. The van der Waals surface area contributed by atoms with Crippen LogP contribution >= 0.6 is 11.8 Å². The minimum Gasteiger partial charge on any atom is -0.493 e. The van der Waals surface area contributed by atoms with Gasteiger partial charge in [-0.25, -0.2) is 0 Å². The second kappa shape index (κ2) is 7.35. The number of thioether (sulfide) groups is 1. The molecule has 0 saturated heterocycles. The van der Waals surface area contributed by atoms with Crippen LogP contribution in [0, 0.1) is 0 Å². The summed E-state index contributed by atoms with van der Waals surface area (Å²) >= 11 is 1.60. The van der Waals surface area contributed by atoms with Crippen molar-refractivity contribution in [3.8, 4) is 17.2 Å². The first-order valence-electron chi connectivity index (χ1n) is 8.70. The SMILES string of the molecule is COc1cc(C2NC(=O)c3cc(C(C)(C)C)ccc3S2)cc(OC)c1OC. The number of hydrogen-bond acceptors (Lipinski definition) is 5. The Labute approximate surface area is 164 Å². The molecule has 0 spiro atoms. The molecule has 1 unspecified atom stereocenters. The number of hydrogen-bond donors (Lipinski definition) is 1. The van der Waals surface area contributed by atoms with Gasteiger partial charge >= 0.3 is 0 Å². The van der Waals surface area contributed by atoms with Crippen molar-refractivity contribution < 1.29 is 19.0 Å². The Morgan fingerprint density at radius 3 is 2.11 bits per heavy atom. The highest BCUT2D eigenvalue weighted by atomic mass is 32.2. The third kappa shape index (κ3) is 3.72. The van der Waals surface area contributed by atoms with E-state index in [1.807, 2.05) is 24.3 Å². The number of methoxy groups -OCH3 is 3. The maximum atomic E-state index is 12.8. The lowest BCUT2D eigenvalue weighted by atomic mass is 9.86. The summed E-state index contributed by atoms with van der Waals surface area (Å²) in [6.45, 7) is 6.42. The molecule has 1 aliphatic rings. The molecular formula is C21H25NO4S. The fourth-order valence-corrected chi connectivity index (χ4v) is 4.15. The van der Waals surface area contributed by atoms with Crippen LogP contribution in [-0.2, 0) is 5.41 Å². The van der Waals surface area contributed by atoms with Crippen molar-refractivity contribution in [1.82, 2.24) is 5.32 Å². The minimum atomic E-state index is -0.237. The highest BCUT2D eigenvalue weighted by molar-refractivity contribution is 7.99. The fraction of sp³-hybridized carbons (Fsp3) is 0.381. The first-order valence-corrected chi connectivity index (χ1v) is 9.58. The number of fused-ring (bicyclic) bond motifs is 1. The van der Waals surface area contributed by atoms with Crippen LogP contribution < -0.4 is 19.5 Å². The van der Waals surface area contributed by atoms with E-state index in [1.165, 1.54) is 0 Å². The van der Waals surface area contributed by atoms with Gasteiger partial charge in [0.25, 0.3) is 5.91 Å². The second-order valence-corrected chi connectivity index (χ2v) is 8.54. The molecule has 3 rings (SSSR count). The molecule has 0 bridgehead atoms. The topological polar surface area (TPSA) is 56.8 Å². The average molecular weight is 388 g/mol. The third-order valence-corrected chi connectivity index (χ3v) is 5.82. The maximum absolute atomic E-state index is 12.8. The first kappa shape index (κ1) is 19.4. The summed E-state index contributed by atoms with van der Waals surface area (Å²) in [5.74, 6) is 1.59. The van der Waals surface area contributed by atoms with Gasteiger partial charge < -0.3 is 19.5 Å². The quantitative estimate of drug-likeness (QED) is 0.834. The Kier molecular flexibility index (Phi) is 5.29. The van der Waals surface area contributed by atoms with E-state index in [4.69, 9.17) is 14.2 Å². The molecule has 1 aliphatic heterocycles. The summed E-state index contributed by atoms with van der Waals surface area (Å²) in [6, 6.07) is 9.85. The lowest BCUT2D eigenvalue weighted by Gasteiger charge is -2.28. The standard InChI is InChI=1S/C21H25NO4S/c1-21(2,3)13-7-8-17-14(11-13)19(23)22-20(27-17)12-9-15(24-4)18(26-6)16(10-12)25-5/h7-11,20H,1-6H3,(H,22,23). The Morgan fingerprint density at radius 2 is 1.59 bits per heavy atom. The maximum Gasteiger partial charge on any atom is 0.253 e. The molecule has 0 aliphatic carbocycles. The zero-order valence-electron chi connectivity index (χ0n) is 16.5.